The summed E-state index contributed by atoms with van der Waals surface area (Å²) in [5.74, 6) is 1.07. The summed E-state index contributed by atoms with van der Waals surface area (Å²) in [4.78, 5) is 24.3. The van der Waals surface area contributed by atoms with Crippen LogP contribution in [0.25, 0.3) is 0 Å². The van der Waals surface area contributed by atoms with E-state index in [0.717, 1.165) is 43.3 Å². The van der Waals surface area contributed by atoms with Crippen molar-refractivity contribution in [3.05, 3.63) is 35.5 Å². The normalized spacial score (nSPS) is 45.9. The molecular formula is C22H28O3. The zero-order chi connectivity index (χ0) is 18.1. The van der Waals surface area contributed by atoms with Gasteiger partial charge in [-0.1, -0.05) is 32.1 Å². The lowest BCUT2D eigenvalue weighted by Gasteiger charge is -2.57. The maximum absolute atomic E-state index is 12.4. The first-order valence-corrected chi connectivity index (χ1v) is 9.55. The van der Waals surface area contributed by atoms with Gasteiger partial charge in [-0.15, -0.1) is 0 Å². The van der Waals surface area contributed by atoms with E-state index in [1.165, 1.54) is 6.92 Å². The number of hydrogen-bond donors (Lipinski definition) is 1. The van der Waals surface area contributed by atoms with Crippen molar-refractivity contribution in [1.82, 2.24) is 0 Å². The number of carbonyl (C=O) groups is 2. The molecule has 3 saturated carbocycles. The summed E-state index contributed by atoms with van der Waals surface area (Å²) < 4.78 is 0. The summed E-state index contributed by atoms with van der Waals surface area (Å²) in [6.07, 6.45) is 8.35. The van der Waals surface area contributed by atoms with Crippen LogP contribution in [0, 0.1) is 28.6 Å². The van der Waals surface area contributed by atoms with E-state index in [1.54, 1.807) is 6.08 Å². The van der Waals surface area contributed by atoms with Crippen LogP contribution in [0.1, 0.15) is 52.9 Å². The number of hydrogen-bond acceptors (Lipinski definition) is 3. The van der Waals surface area contributed by atoms with Crippen molar-refractivity contribution >= 4 is 11.6 Å². The highest BCUT2D eigenvalue weighted by Gasteiger charge is 2.59. The minimum Gasteiger partial charge on any atom is -0.393 e. The summed E-state index contributed by atoms with van der Waals surface area (Å²) in [6, 6.07) is 0. The lowest BCUT2D eigenvalue weighted by atomic mass is 9.47. The van der Waals surface area contributed by atoms with Gasteiger partial charge in [0.05, 0.1) is 11.7 Å². The maximum Gasteiger partial charge on any atom is 0.189 e. The van der Waals surface area contributed by atoms with E-state index >= 15 is 0 Å². The van der Waals surface area contributed by atoms with E-state index in [1.807, 2.05) is 6.08 Å². The highest BCUT2D eigenvalue weighted by atomic mass is 16.3. The van der Waals surface area contributed by atoms with Gasteiger partial charge in [-0.05, 0) is 73.8 Å². The van der Waals surface area contributed by atoms with Crippen molar-refractivity contribution < 1.29 is 14.7 Å². The molecule has 0 amide bonds. The van der Waals surface area contributed by atoms with Crippen LogP contribution in [0.15, 0.2) is 35.5 Å². The van der Waals surface area contributed by atoms with E-state index in [-0.39, 0.29) is 28.5 Å². The van der Waals surface area contributed by atoms with Crippen molar-refractivity contribution in [1.29, 1.82) is 0 Å². The van der Waals surface area contributed by atoms with Crippen LogP contribution in [0.5, 0.6) is 0 Å². The van der Waals surface area contributed by atoms with Crippen molar-refractivity contribution in [2.24, 2.45) is 28.6 Å². The molecule has 0 bridgehead atoms. The molecule has 0 aromatic carbocycles. The van der Waals surface area contributed by atoms with E-state index in [9.17, 15) is 14.7 Å². The van der Waals surface area contributed by atoms with Crippen LogP contribution in [-0.2, 0) is 9.59 Å². The first kappa shape index (κ1) is 17.0. The Balaban J connectivity index is 1.79. The first-order chi connectivity index (χ1) is 11.7. The molecule has 3 heteroatoms. The Hall–Kier alpha value is -1.48. The molecule has 3 fully saturated rings. The van der Waals surface area contributed by atoms with Crippen molar-refractivity contribution in [3.63, 3.8) is 0 Å². The van der Waals surface area contributed by atoms with Crippen LogP contribution >= 0.6 is 0 Å². The molecule has 4 rings (SSSR count). The second kappa shape index (κ2) is 5.26. The summed E-state index contributed by atoms with van der Waals surface area (Å²) in [7, 11) is 0. The van der Waals surface area contributed by atoms with Gasteiger partial charge in [0.15, 0.2) is 11.6 Å². The fraction of sp³-hybridized carbons (Fsp3) is 0.636. The van der Waals surface area contributed by atoms with E-state index in [0.29, 0.717) is 23.3 Å². The van der Waals surface area contributed by atoms with Crippen LogP contribution in [0.2, 0.25) is 0 Å². The second-order valence-corrected chi connectivity index (χ2v) is 9.14. The highest BCUT2D eigenvalue weighted by Crippen LogP contribution is 2.65. The van der Waals surface area contributed by atoms with E-state index in [2.05, 4.69) is 20.4 Å². The molecule has 3 nitrogen and oxygen atoms in total. The topological polar surface area (TPSA) is 54.4 Å². The summed E-state index contributed by atoms with van der Waals surface area (Å²) >= 11 is 0. The Morgan fingerprint density at radius 1 is 1.24 bits per heavy atom. The minimum atomic E-state index is -0.288. The lowest BCUT2D eigenvalue weighted by molar-refractivity contribution is -0.118. The monoisotopic (exact) mass is 340 g/mol. The molecule has 0 radical (unpaired) electrons. The number of allylic oxidation sites excluding steroid dienone is 5. The lowest BCUT2D eigenvalue weighted by Crippen LogP contribution is -2.51. The number of Topliss-reactive ketones (excluding diaryl/α,β-unsaturated/α-hetero) is 1. The van der Waals surface area contributed by atoms with E-state index < -0.39 is 0 Å². The minimum absolute atomic E-state index is 0.0105. The molecule has 1 N–H and O–H groups in total. The highest BCUT2D eigenvalue weighted by molar-refractivity contribution is 6.24. The van der Waals surface area contributed by atoms with Crippen molar-refractivity contribution in [2.45, 2.75) is 59.0 Å². The molecule has 25 heavy (non-hydrogen) atoms. The predicted molar refractivity (Wildman–Crippen MR) is 96.8 cm³/mol. The number of fused-ring (bicyclic) bond motifs is 5. The Labute approximate surface area is 149 Å². The molecule has 0 spiro atoms. The number of ketones is 2. The predicted octanol–water partition coefficient (Wildman–Crippen LogP) is 3.78. The van der Waals surface area contributed by atoms with E-state index in [4.69, 9.17) is 0 Å². The van der Waals surface area contributed by atoms with Gasteiger partial charge in [-0.2, -0.15) is 0 Å². The standard InChI is InChI=1S/C22H28O3/c1-12-9-14-16-5-6-20(25)21(16,3)8-7-17(14)22(4)11-15(13(2)23)19(24)10-18(12)22/h10-11,14,16-17,20,25H,1,5-9H2,2-4H3/t14-,16-,17+,20?,21-,22+/m0/s1. The molecule has 134 valence electrons. The summed E-state index contributed by atoms with van der Waals surface area (Å²) in [5, 5.41) is 10.6. The third-order valence-electron chi connectivity index (χ3n) is 7.97. The average Bonchev–Trinajstić information content (AvgIpc) is 2.84. The van der Waals surface area contributed by atoms with Gasteiger partial charge in [0.25, 0.3) is 0 Å². The van der Waals surface area contributed by atoms with Crippen molar-refractivity contribution in [3.8, 4) is 0 Å². The molecule has 4 aliphatic rings. The fourth-order valence-electron chi connectivity index (χ4n) is 6.56. The summed E-state index contributed by atoms with van der Waals surface area (Å²) in [6.45, 7) is 10.2. The van der Waals surface area contributed by atoms with Gasteiger partial charge in [0, 0.05) is 5.41 Å². The molecule has 4 aliphatic carbocycles. The van der Waals surface area contributed by atoms with Crippen LogP contribution in [0.3, 0.4) is 0 Å². The van der Waals surface area contributed by atoms with Gasteiger partial charge < -0.3 is 5.11 Å². The molecule has 0 aliphatic heterocycles. The van der Waals surface area contributed by atoms with Crippen molar-refractivity contribution in [2.75, 3.05) is 0 Å². The Morgan fingerprint density at radius 2 is 1.96 bits per heavy atom. The fourth-order valence-corrected chi connectivity index (χ4v) is 6.56. The zero-order valence-electron chi connectivity index (χ0n) is 15.5. The smallest absolute Gasteiger partial charge is 0.189 e. The van der Waals surface area contributed by atoms with Crippen LogP contribution < -0.4 is 0 Å². The maximum atomic E-state index is 12.4. The third-order valence-corrected chi connectivity index (χ3v) is 7.97. The number of aliphatic hydroxyl groups excluding tert-OH is 1. The number of carbonyl (C=O) groups excluding carboxylic acids is 2. The molecule has 0 heterocycles. The Morgan fingerprint density at radius 3 is 2.64 bits per heavy atom. The molecule has 0 saturated heterocycles. The van der Waals surface area contributed by atoms with Gasteiger partial charge in [0.2, 0.25) is 0 Å². The SMILES string of the molecule is C=C1C[C@@H]2[C@@H](CC[C@]3(C)C(O)CC[C@@H]23)[C@@]2(C)C=C(C(C)=O)C(=O)C=C12. The summed E-state index contributed by atoms with van der Waals surface area (Å²) in [5.41, 5.74) is 2.13. The molecule has 1 unspecified atom stereocenters. The van der Waals surface area contributed by atoms with Gasteiger partial charge in [-0.3, -0.25) is 9.59 Å². The number of aliphatic hydroxyl groups is 1. The zero-order valence-corrected chi connectivity index (χ0v) is 15.5. The molecule has 6 atom stereocenters. The first-order valence-electron chi connectivity index (χ1n) is 9.55. The number of rotatable bonds is 1. The van der Waals surface area contributed by atoms with Gasteiger partial charge in [0.1, 0.15) is 0 Å². The molecule has 0 aromatic heterocycles. The largest absolute Gasteiger partial charge is 0.393 e. The van der Waals surface area contributed by atoms with Crippen LogP contribution in [0.4, 0.5) is 0 Å². The third kappa shape index (κ3) is 2.14. The second-order valence-electron chi connectivity index (χ2n) is 9.14. The average molecular weight is 340 g/mol. The quantitative estimate of drug-likeness (QED) is 0.739. The Kier molecular flexibility index (Phi) is 3.57. The van der Waals surface area contributed by atoms with Gasteiger partial charge in [-0.25, -0.2) is 0 Å². The van der Waals surface area contributed by atoms with Gasteiger partial charge >= 0.3 is 0 Å². The Bertz CT molecular complexity index is 742. The molecule has 0 aromatic rings. The molecular weight excluding hydrogens is 312 g/mol. The van der Waals surface area contributed by atoms with Crippen LogP contribution in [-0.4, -0.2) is 22.8 Å².